The maximum atomic E-state index is 12.5. The highest BCUT2D eigenvalue weighted by atomic mass is 32.2. The van der Waals surface area contributed by atoms with Gasteiger partial charge >= 0.3 is 6.01 Å². The maximum absolute atomic E-state index is 12.5. The molecule has 0 saturated heterocycles. The third-order valence-electron chi connectivity index (χ3n) is 3.30. The second-order valence-electron chi connectivity index (χ2n) is 5.09. The van der Waals surface area contributed by atoms with Gasteiger partial charge in [0, 0.05) is 11.9 Å². The normalized spacial score (nSPS) is 10.8. The van der Waals surface area contributed by atoms with E-state index in [1.165, 1.54) is 0 Å². The van der Waals surface area contributed by atoms with Gasteiger partial charge < -0.3 is 4.42 Å². The van der Waals surface area contributed by atoms with E-state index in [1.807, 2.05) is 38.1 Å². The van der Waals surface area contributed by atoms with Crippen LogP contribution in [-0.2, 0) is 7.05 Å². The summed E-state index contributed by atoms with van der Waals surface area (Å²) in [6.45, 7) is 3.92. The van der Waals surface area contributed by atoms with Crippen molar-refractivity contribution >= 4 is 23.7 Å². The molecule has 0 spiro atoms. The minimum absolute atomic E-state index is 0.0603. The lowest BCUT2D eigenvalue weighted by molar-refractivity contribution is 0.102. The molecule has 0 aliphatic heterocycles. The predicted molar refractivity (Wildman–Crippen MR) is 92.0 cm³/mol. The van der Waals surface area contributed by atoms with Gasteiger partial charge in [0.25, 0.3) is 11.8 Å². The molecule has 1 aromatic carbocycles. The molecular weight excluding hydrogens is 326 g/mol. The van der Waals surface area contributed by atoms with Crippen LogP contribution in [0.2, 0.25) is 0 Å². The highest BCUT2D eigenvalue weighted by Gasteiger charge is 2.17. The third kappa shape index (κ3) is 3.33. The number of nitrogens with zero attached hydrogens (tertiary/aromatic N) is 4. The Morgan fingerprint density at radius 3 is 2.83 bits per heavy atom. The minimum Gasteiger partial charge on any atom is -0.401 e. The van der Waals surface area contributed by atoms with E-state index in [0.717, 1.165) is 16.3 Å². The highest BCUT2D eigenvalue weighted by molar-refractivity contribution is 7.99. The van der Waals surface area contributed by atoms with Crippen molar-refractivity contribution in [3.63, 3.8) is 0 Å². The number of carbonyl (C=O) groups is 1. The third-order valence-corrected chi connectivity index (χ3v) is 4.25. The SMILES string of the molecule is CCSc1ccccc1C(=O)Nc1nnc(-c2cc(C)nn2C)o1. The van der Waals surface area contributed by atoms with Crippen LogP contribution in [0.25, 0.3) is 11.6 Å². The van der Waals surface area contributed by atoms with Crippen LogP contribution in [0.15, 0.2) is 39.6 Å². The van der Waals surface area contributed by atoms with Gasteiger partial charge in [0.05, 0.1) is 11.3 Å². The van der Waals surface area contributed by atoms with E-state index in [0.29, 0.717) is 17.1 Å². The fourth-order valence-electron chi connectivity index (χ4n) is 2.29. The standard InChI is InChI=1S/C16H17N5O2S/c1-4-24-13-8-6-5-7-11(13)14(22)17-16-19-18-15(23-16)12-9-10(2)20-21(12)3/h5-9H,4H2,1-3H3,(H,17,19,22). The summed E-state index contributed by atoms with van der Waals surface area (Å²) in [6.07, 6.45) is 0. The van der Waals surface area contributed by atoms with Crippen molar-refractivity contribution in [1.82, 2.24) is 20.0 Å². The molecule has 24 heavy (non-hydrogen) atoms. The summed E-state index contributed by atoms with van der Waals surface area (Å²) >= 11 is 1.61. The number of aromatic nitrogens is 4. The minimum atomic E-state index is -0.275. The smallest absolute Gasteiger partial charge is 0.322 e. The van der Waals surface area contributed by atoms with Crippen molar-refractivity contribution in [1.29, 1.82) is 0 Å². The molecule has 0 unspecified atom stereocenters. The molecule has 0 aliphatic rings. The lowest BCUT2D eigenvalue weighted by atomic mass is 10.2. The van der Waals surface area contributed by atoms with Crippen molar-refractivity contribution in [3.8, 4) is 11.6 Å². The van der Waals surface area contributed by atoms with Gasteiger partial charge in [-0.25, -0.2) is 0 Å². The first kappa shape index (κ1) is 16.3. The molecule has 0 aliphatic carbocycles. The van der Waals surface area contributed by atoms with Crippen molar-refractivity contribution in [2.45, 2.75) is 18.7 Å². The van der Waals surface area contributed by atoms with Crippen molar-refractivity contribution in [2.75, 3.05) is 11.1 Å². The summed E-state index contributed by atoms with van der Waals surface area (Å²) in [5.41, 5.74) is 2.13. The maximum Gasteiger partial charge on any atom is 0.322 e. The highest BCUT2D eigenvalue weighted by Crippen LogP contribution is 2.24. The molecule has 1 N–H and O–H groups in total. The molecule has 2 aromatic heterocycles. The Hall–Kier alpha value is -2.61. The molecule has 0 fully saturated rings. The van der Waals surface area contributed by atoms with E-state index >= 15 is 0 Å². The molecule has 2 heterocycles. The Labute approximate surface area is 143 Å². The van der Waals surface area contributed by atoms with Gasteiger partial charge in [-0.1, -0.05) is 24.2 Å². The number of amides is 1. The Bertz CT molecular complexity index is 871. The molecule has 124 valence electrons. The van der Waals surface area contributed by atoms with Gasteiger partial charge in [-0.05, 0) is 30.9 Å². The molecular formula is C16H17N5O2S. The summed E-state index contributed by atoms with van der Waals surface area (Å²) in [7, 11) is 1.79. The number of thioether (sulfide) groups is 1. The first-order valence-corrected chi connectivity index (χ1v) is 8.44. The van der Waals surface area contributed by atoms with Crippen molar-refractivity contribution < 1.29 is 9.21 Å². The summed E-state index contributed by atoms with van der Waals surface area (Å²) in [5, 5.41) is 14.7. The number of hydrogen-bond donors (Lipinski definition) is 1. The Balaban J connectivity index is 1.80. The first-order valence-electron chi connectivity index (χ1n) is 7.46. The Morgan fingerprint density at radius 2 is 2.12 bits per heavy atom. The number of rotatable bonds is 5. The zero-order chi connectivity index (χ0) is 17.1. The molecule has 0 atom stereocenters. The molecule has 0 saturated carbocycles. The fraction of sp³-hybridized carbons (Fsp3) is 0.250. The van der Waals surface area contributed by atoms with E-state index in [4.69, 9.17) is 4.42 Å². The van der Waals surface area contributed by atoms with Crippen LogP contribution >= 0.6 is 11.8 Å². The van der Waals surface area contributed by atoms with Gasteiger partial charge in [0.1, 0.15) is 5.69 Å². The van der Waals surface area contributed by atoms with Crippen LogP contribution in [0.3, 0.4) is 0 Å². The molecule has 3 rings (SSSR count). The molecule has 0 bridgehead atoms. The summed E-state index contributed by atoms with van der Waals surface area (Å²) in [5.74, 6) is 0.919. The lowest BCUT2D eigenvalue weighted by Gasteiger charge is -2.06. The fourth-order valence-corrected chi connectivity index (χ4v) is 3.09. The van der Waals surface area contributed by atoms with Crippen LogP contribution in [-0.4, -0.2) is 31.6 Å². The quantitative estimate of drug-likeness (QED) is 0.716. The van der Waals surface area contributed by atoms with Crippen LogP contribution < -0.4 is 5.32 Å². The van der Waals surface area contributed by atoms with E-state index in [2.05, 4.69) is 20.6 Å². The van der Waals surface area contributed by atoms with Crippen LogP contribution in [0.1, 0.15) is 23.0 Å². The number of benzene rings is 1. The number of carbonyl (C=O) groups excluding carboxylic acids is 1. The Morgan fingerprint density at radius 1 is 1.33 bits per heavy atom. The number of aryl methyl sites for hydroxylation is 2. The van der Waals surface area contributed by atoms with E-state index in [9.17, 15) is 4.79 Å². The second kappa shape index (κ2) is 6.88. The first-order chi connectivity index (χ1) is 11.6. The van der Waals surface area contributed by atoms with Crippen LogP contribution in [0.5, 0.6) is 0 Å². The number of nitrogens with one attached hydrogen (secondary N) is 1. The second-order valence-corrected chi connectivity index (χ2v) is 6.40. The van der Waals surface area contributed by atoms with Gasteiger partial charge in [0.2, 0.25) is 0 Å². The van der Waals surface area contributed by atoms with Gasteiger partial charge in [-0.15, -0.1) is 16.9 Å². The van der Waals surface area contributed by atoms with Crippen LogP contribution in [0.4, 0.5) is 6.01 Å². The Kier molecular flexibility index (Phi) is 4.66. The summed E-state index contributed by atoms with van der Waals surface area (Å²) < 4.78 is 7.19. The summed E-state index contributed by atoms with van der Waals surface area (Å²) in [6, 6.07) is 9.32. The lowest BCUT2D eigenvalue weighted by Crippen LogP contribution is -2.13. The number of anilines is 1. The molecule has 0 radical (unpaired) electrons. The van der Waals surface area contributed by atoms with Gasteiger partial charge in [0.15, 0.2) is 0 Å². The largest absolute Gasteiger partial charge is 0.401 e. The van der Waals surface area contributed by atoms with E-state index in [-0.39, 0.29) is 11.9 Å². The molecule has 3 aromatic rings. The summed E-state index contributed by atoms with van der Waals surface area (Å²) in [4.78, 5) is 13.4. The van der Waals surface area contributed by atoms with Crippen LogP contribution in [0, 0.1) is 6.92 Å². The monoisotopic (exact) mass is 343 g/mol. The predicted octanol–water partition coefficient (Wildman–Crippen LogP) is 3.14. The molecule has 1 amide bonds. The topological polar surface area (TPSA) is 85.8 Å². The van der Waals surface area contributed by atoms with E-state index < -0.39 is 0 Å². The zero-order valence-electron chi connectivity index (χ0n) is 13.6. The van der Waals surface area contributed by atoms with Gasteiger partial charge in [-0.2, -0.15) is 5.10 Å². The average molecular weight is 343 g/mol. The van der Waals surface area contributed by atoms with E-state index in [1.54, 1.807) is 29.6 Å². The number of hydrogen-bond acceptors (Lipinski definition) is 6. The average Bonchev–Trinajstić information content (AvgIpc) is 3.14. The van der Waals surface area contributed by atoms with Gasteiger partial charge in [-0.3, -0.25) is 14.8 Å². The molecule has 7 nitrogen and oxygen atoms in total. The van der Waals surface area contributed by atoms with Crippen molar-refractivity contribution in [3.05, 3.63) is 41.6 Å². The van der Waals surface area contributed by atoms with Crippen molar-refractivity contribution in [2.24, 2.45) is 7.05 Å². The zero-order valence-corrected chi connectivity index (χ0v) is 14.4. The molecule has 8 heteroatoms.